The zero-order valence-electron chi connectivity index (χ0n) is 10.2. The van der Waals surface area contributed by atoms with E-state index in [2.05, 4.69) is 0 Å². The Morgan fingerprint density at radius 3 is 2.58 bits per heavy atom. The van der Waals surface area contributed by atoms with E-state index < -0.39 is 11.9 Å². The average Bonchev–Trinajstić information content (AvgIpc) is 2.91. The molecule has 0 fully saturated rings. The summed E-state index contributed by atoms with van der Waals surface area (Å²) in [7, 11) is 0. The van der Waals surface area contributed by atoms with Crippen LogP contribution in [0.2, 0.25) is 0 Å². The van der Waals surface area contributed by atoms with Crippen molar-refractivity contribution in [3.63, 3.8) is 0 Å². The fourth-order valence-electron chi connectivity index (χ4n) is 1.73. The number of hydrogen-bond donors (Lipinski definition) is 2. The maximum absolute atomic E-state index is 12.1. The minimum absolute atomic E-state index is 0.113. The first kappa shape index (κ1) is 13.3. The van der Waals surface area contributed by atoms with Crippen molar-refractivity contribution in [1.82, 2.24) is 0 Å². The van der Waals surface area contributed by atoms with E-state index in [-0.39, 0.29) is 17.1 Å². The van der Waals surface area contributed by atoms with Crippen molar-refractivity contribution in [3.8, 4) is 5.75 Å². The monoisotopic (exact) mass is 276 g/mol. The highest BCUT2D eigenvalue weighted by Crippen LogP contribution is 2.28. The lowest BCUT2D eigenvalue weighted by Gasteiger charge is -2.10. The van der Waals surface area contributed by atoms with Crippen LogP contribution in [0.1, 0.15) is 33.6 Å². The number of phenolic OH excluding ortho intramolecular Hbond substituents is 1. The van der Waals surface area contributed by atoms with E-state index in [0.717, 1.165) is 0 Å². The summed E-state index contributed by atoms with van der Waals surface area (Å²) in [5.41, 5.74) is 0.623. The van der Waals surface area contributed by atoms with Gasteiger partial charge < -0.3 is 10.2 Å². The van der Waals surface area contributed by atoms with Gasteiger partial charge in [0.15, 0.2) is 0 Å². The number of thiophene rings is 1. The molecule has 5 heteroatoms. The molecule has 1 aromatic carbocycles. The van der Waals surface area contributed by atoms with Gasteiger partial charge in [0.2, 0.25) is 5.78 Å². The molecule has 0 saturated carbocycles. The van der Waals surface area contributed by atoms with Crippen molar-refractivity contribution in [3.05, 3.63) is 51.7 Å². The number of carbonyl (C=O) groups excluding carboxylic acids is 1. The molecule has 4 nitrogen and oxygen atoms in total. The SMILES string of the molecule is CC(C(=O)O)c1cc(C(=O)c2cccs2)ccc1O. The number of carboxylic acid groups (broad SMARTS) is 1. The zero-order valence-corrected chi connectivity index (χ0v) is 11.0. The van der Waals surface area contributed by atoms with E-state index in [0.29, 0.717) is 10.4 Å². The van der Waals surface area contributed by atoms with Crippen LogP contribution >= 0.6 is 11.3 Å². The van der Waals surface area contributed by atoms with Crippen LogP contribution in [0.4, 0.5) is 0 Å². The first-order valence-electron chi connectivity index (χ1n) is 5.64. The van der Waals surface area contributed by atoms with Gasteiger partial charge in [0.05, 0.1) is 10.8 Å². The molecule has 0 aliphatic rings. The topological polar surface area (TPSA) is 74.6 Å². The van der Waals surface area contributed by atoms with Gasteiger partial charge in [-0.15, -0.1) is 11.3 Å². The Kier molecular flexibility index (Phi) is 3.66. The van der Waals surface area contributed by atoms with E-state index >= 15 is 0 Å². The van der Waals surface area contributed by atoms with E-state index in [1.807, 2.05) is 0 Å². The molecule has 0 bridgehead atoms. The van der Waals surface area contributed by atoms with Gasteiger partial charge in [0.25, 0.3) is 0 Å². The summed E-state index contributed by atoms with van der Waals surface area (Å²) in [6, 6.07) is 7.78. The van der Waals surface area contributed by atoms with Gasteiger partial charge in [-0.25, -0.2) is 0 Å². The summed E-state index contributed by atoms with van der Waals surface area (Å²) < 4.78 is 0. The number of aromatic hydroxyl groups is 1. The second kappa shape index (κ2) is 5.24. The second-order valence-electron chi connectivity index (χ2n) is 4.14. The Labute approximate surface area is 114 Å². The molecule has 2 aromatic rings. The summed E-state index contributed by atoms with van der Waals surface area (Å²) in [5, 5.41) is 20.5. The molecular weight excluding hydrogens is 264 g/mol. The highest BCUT2D eigenvalue weighted by atomic mass is 32.1. The van der Waals surface area contributed by atoms with Crippen molar-refractivity contribution in [1.29, 1.82) is 0 Å². The fraction of sp³-hybridized carbons (Fsp3) is 0.143. The highest BCUT2D eigenvalue weighted by Gasteiger charge is 2.20. The van der Waals surface area contributed by atoms with Crippen molar-refractivity contribution >= 4 is 23.1 Å². The number of ketones is 1. The number of rotatable bonds is 4. The van der Waals surface area contributed by atoms with E-state index in [9.17, 15) is 14.7 Å². The van der Waals surface area contributed by atoms with Gasteiger partial charge in [-0.05, 0) is 36.6 Å². The highest BCUT2D eigenvalue weighted by molar-refractivity contribution is 7.12. The van der Waals surface area contributed by atoms with Crippen molar-refractivity contribution in [2.24, 2.45) is 0 Å². The molecule has 1 aromatic heterocycles. The molecule has 2 N–H and O–H groups in total. The molecule has 1 unspecified atom stereocenters. The number of carbonyl (C=O) groups is 2. The standard InChI is InChI=1S/C14H12O4S/c1-8(14(17)18)10-7-9(4-5-11(10)15)13(16)12-3-2-6-19-12/h2-8,15H,1H3,(H,17,18). The number of aliphatic carboxylic acids is 1. The van der Waals surface area contributed by atoms with Crippen LogP contribution in [0.3, 0.4) is 0 Å². The number of hydrogen-bond acceptors (Lipinski definition) is 4. The van der Waals surface area contributed by atoms with Crippen LogP contribution in [0.15, 0.2) is 35.7 Å². The van der Waals surface area contributed by atoms with Crippen molar-refractivity contribution < 1.29 is 19.8 Å². The van der Waals surface area contributed by atoms with E-state index in [1.54, 1.807) is 17.5 Å². The minimum Gasteiger partial charge on any atom is -0.508 e. The quantitative estimate of drug-likeness (QED) is 0.842. The first-order chi connectivity index (χ1) is 9.00. The summed E-state index contributed by atoms with van der Waals surface area (Å²) in [5.74, 6) is -2.20. The Hall–Kier alpha value is -2.14. The van der Waals surface area contributed by atoms with Gasteiger partial charge in [-0.1, -0.05) is 6.07 Å². The predicted octanol–water partition coefficient (Wildman–Crippen LogP) is 2.87. The second-order valence-corrected chi connectivity index (χ2v) is 5.09. The largest absolute Gasteiger partial charge is 0.508 e. The Balaban J connectivity index is 2.41. The smallest absolute Gasteiger partial charge is 0.310 e. The van der Waals surface area contributed by atoms with Crippen molar-refractivity contribution in [2.45, 2.75) is 12.8 Å². The third-order valence-electron chi connectivity index (χ3n) is 2.87. The van der Waals surface area contributed by atoms with E-state index in [1.165, 1.54) is 36.5 Å². The Morgan fingerprint density at radius 1 is 1.26 bits per heavy atom. The molecular formula is C14H12O4S. The molecule has 19 heavy (non-hydrogen) atoms. The molecule has 0 aliphatic heterocycles. The van der Waals surface area contributed by atoms with E-state index in [4.69, 9.17) is 5.11 Å². The average molecular weight is 276 g/mol. The molecule has 2 rings (SSSR count). The van der Waals surface area contributed by atoms with Crippen LogP contribution in [0.5, 0.6) is 5.75 Å². The molecule has 98 valence electrons. The normalized spacial score (nSPS) is 12.1. The van der Waals surface area contributed by atoms with Gasteiger partial charge in [-0.2, -0.15) is 0 Å². The van der Waals surface area contributed by atoms with Crippen LogP contribution in [-0.2, 0) is 4.79 Å². The molecule has 0 radical (unpaired) electrons. The third-order valence-corrected chi connectivity index (χ3v) is 3.74. The number of carboxylic acids is 1. The summed E-state index contributed by atoms with van der Waals surface area (Å²) in [6.07, 6.45) is 0. The predicted molar refractivity (Wildman–Crippen MR) is 71.9 cm³/mol. The first-order valence-corrected chi connectivity index (χ1v) is 6.52. The van der Waals surface area contributed by atoms with Gasteiger partial charge >= 0.3 is 5.97 Å². The van der Waals surface area contributed by atoms with Gasteiger partial charge in [0.1, 0.15) is 5.75 Å². The molecule has 0 aliphatic carbocycles. The number of benzene rings is 1. The third kappa shape index (κ3) is 2.66. The summed E-state index contributed by atoms with van der Waals surface area (Å²) >= 11 is 1.32. The lowest BCUT2D eigenvalue weighted by Crippen LogP contribution is -2.09. The van der Waals surface area contributed by atoms with Gasteiger partial charge in [-0.3, -0.25) is 9.59 Å². The zero-order chi connectivity index (χ0) is 14.0. The van der Waals surface area contributed by atoms with Crippen LogP contribution in [0.25, 0.3) is 0 Å². The van der Waals surface area contributed by atoms with Crippen LogP contribution in [-0.4, -0.2) is 22.0 Å². The van der Waals surface area contributed by atoms with Gasteiger partial charge in [0, 0.05) is 11.1 Å². The minimum atomic E-state index is -1.05. The Bertz CT molecular complexity index is 616. The van der Waals surface area contributed by atoms with Crippen LogP contribution < -0.4 is 0 Å². The lowest BCUT2D eigenvalue weighted by atomic mass is 9.96. The molecule has 0 saturated heterocycles. The maximum atomic E-state index is 12.1. The molecule has 0 spiro atoms. The summed E-state index contributed by atoms with van der Waals surface area (Å²) in [6.45, 7) is 1.47. The maximum Gasteiger partial charge on any atom is 0.310 e. The summed E-state index contributed by atoms with van der Waals surface area (Å²) in [4.78, 5) is 23.7. The number of phenols is 1. The van der Waals surface area contributed by atoms with Crippen molar-refractivity contribution in [2.75, 3.05) is 0 Å². The molecule has 0 amide bonds. The molecule has 1 heterocycles. The Morgan fingerprint density at radius 2 is 2.00 bits per heavy atom. The lowest BCUT2D eigenvalue weighted by molar-refractivity contribution is -0.138. The molecule has 1 atom stereocenters. The van der Waals surface area contributed by atoms with Crippen LogP contribution in [0, 0.1) is 0 Å². The fourth-order valence-corrected chi connectivity index (χ4v) is 2.41.